The molecule has 0 aliphatic carbocycles. The number of hydrogen-bond acceptors (Lipinski definition) is 3. The van der Waals surface area contributed by atoms with E-state index >= 15 is 0 Å². The van der Waals surface area contributed by atoms with Gasteiger partial charge in [-0.1, -0.05) is 6.92 Å². The van der Waals surface area contributed by atoms with Crippen LogP contribution in [-0.4, -0.2) is 22.9 Å². The molecular formula is C7H9N2O2W+. The fraction of sp³-hybridized carbons (Fsp3) is 0.429. The molecule has 1 aromatic rings. The summed E-state index contributed by atoms with van der Waals surface area (Å²) < 4.78 is 5.96. The smallest absolute Gasteiger partial charge is 0.478 e. The van der Waals surface area contributed by atoms with Gasteiger partial charge < -0.3 is 9.42 Å². The summed E-state index contributed by atoms with van der Waals surface area (Å²) in [5.41, 5.74) is 1.04. The Morgan fingerprint density at radius 1 is 1.67 bits per heavy atom. The van der Waals surface area contributed by atoms with Gasteiger partial charge in [0.2, 0.25) is 0 Å². The van der Waals surface area contributed by atoms with Gasteiger partial charge in [0.15, 0.2) is 0 Å². The third-order valence-electron chi connectivity index (χ3n) is 1.31. The monoisotopic (exact) mass is 337 g/mol. The Balaban J connectivity index is 0.00000121. The molecule has 0 unspecified atom stereocenters. The molecule has 0 saturated carbocycles. The van der Waals surface area contributed by atoms with E-state index in [1.54, 1.807) is 14.0 Å². The zero-order chi connectivity index (χ0) is 8.43. The van der Waals surface area contributed by atoms with Crippen LogP contribution in [0.3, 0.4) is 0 Å². The Labute approximate surface area is 85.2 Å². The minimum Gasteiger partial charge on any atom is -0.478 e. The van der Waals surface area contributed by atoms with Crippen LogP contribution in [0.4, 0.5) is 0 Å². The third-order valence-corrected chi connectivity index (χ3v) is 1.31. The van der Waals surface area contributed by atoms with E-state index in [1.165, 1.54) is 11.8 Å². The Kier molecular flexibility index (Phi) is 4.18. The van der Waals surface area contributed by atoms with Gasteiger partial charge in [-0.05, 0) is 0 Å². The fourth-order valence-corrected chi connectivity index (χ4v) is 0.836. The first-order chi connectivity index (χ1) is 5.15. The average Bonchev–Trinajstić information content (AvgIpc) is 2.28. The minimum absolute atomic E-state index is 0. The molecule has 0 spiro atoms. The van der Waals surface area contributed by atoms with Crippen molar-refractivity contribution >= 4 is 5.97 Å². The maximum absolute atomic E-state index is 10.9. The van der Waals surface area contributed by atoms with E-state index in [2.05, 4.69) is 16.0 Å². The van der Waals surface area contributed by atoms with Crippen molar-refractivity contribution in [2.75, 3.05) is 7.11 Å². The number of ether oxygens (including phenoxy) is 1. The Morgan fingerprint density at radius 2 is 2.25 bits per heavy atom. The van der Waals surface area contributed by atoms with Crippen LogP contribution >= 0.6 is 0 Å². The predicted octanol–water partition coefficient (Wildman–Crippen LogP) is 0.313. The first kappa shape index (κ1) is 11.4. The van der Waals surface area contributed by atoms with Gasteiger partial charge in [-0.15, -0.1) is 6.20 Å². The molecule has 12 heavy (non-hydrogen) atoms. The third kappa shape index (κ3) is 2.17. The summed E-state index contributed by atoms with van der Waals surface area (Å²) >= 11 is 0. The molecule has 0 radical (unpaired) electrons. The molecule has 1 rings (SSSR count). The van der Waals surface area contributed by atoms with Crippen LogP contribution in [-0.2, 0) is 32.8 Å². The quantitative estimate of drug-likeness (QED) is 0.548. The number of aryl methyl sites for hydroxylation is 2. The molecule has 0 bridgehead atoms. The molecule has 0 atom stereocenters. The van der Waals surface area contributed by atoms with E-state index in [1.807, 2.05) is 0 Å². The SMILES string of the molecule is COC(=O)c1nn(C)[c-]c1C.[W+2]. The van der Waals surface area contributed by atoms with Crippen molar-refractivity contribution in [1.82, 2.24) is 9.78 Å². The molecule has 1 aromatic heterocycles. The number of carbonyl (C=O) groups excluding carboxylic acids is 1. The number of esters is 1. The van der Waals surface area contributed by atoms with Gasteiger partial charge >= 0.3 is 21.1 Å². The first-order valence-corrected chi connectivity index (χ1v) is 3.16. The Hall–Kier alpha value is -0.632. The topological polar surface area (TPSA) is 44.1 Å². The van der Waals surface area contributed by atoms with Gasteiger partial charge in [0, 0.05) is 12.7 Å². The molecule has 1 heterocycles. The van der Waals surface area contributed by atoms with E-state index in [4.69, 9.17) is 0 Å². The van der Waals surface area contributed by atoms with E-state index in [0.717, 1.165) is 0 Å². The van der Waals surface area contributed by atoms with Crippen molar-refractivity contribution in [3.8, 4) is 0 Å². The van der Waals surface area contributed by atoms with Gasteiger partial charge in [-0.2, -0.15) is 5.56 Å². The van der Waals surface area contributed by atoms with Crippen LogP contribution in [0.25, 0.3) is 0 Å². The minimum atomic E-state index is -0.417. The molecule has 0 amide bonds. The number of nitrogens with zero attached hydrogens (tertiary/aromatic N) is 2. The number of carbonyl (C=O) groups is 1. The zero-order valence-electron chi connectivity index (χ0n) is 7.12. The summed E-state index contributed by atoms with van der Waals surface area (Å²) in [6, 6.07) is 0. The van der Waals surface area contributed by atoms with Crippen molar-refractivity contribution in [2.24, 2.45) is 7.05 Å². The summed E-state index contributed by atoms with van der Waals surface area (Å²) in [7, 11) is 3.04. The fourth-order valence-electron chi connectivity index (χ4n) is 0.836. The van der Waals surface area contributed by atoms with Crippen LogP contribution in [0.2, 0.25) is 0 Å². The number of methoxy groups -OCH3 is 1. The largest absolute Gasteiger partial charge is 2.00 e. The molecule has 0 aliphatic rings. The van der Waals surface area contributed by atoms with E-state index in [9.17, 15) is 4.79 Å². The zero-order valence-corrected chi connectivity index (χ0v) is 10.1. The summed E-state index contributed by atoms with van der Waals surface area (Å²) in [5.74, 6) is -0.417. The average molecular weight is 337 g/mol. The van der Waals surface area contributed by atoms with Gasteiger partial charge in [0.25, 0.3) is 5.97 Å². The number of aromatic nitrogens is 2. The molecular weight excluding hydrogens is 328 g/mol. The second kappa shape index (κ2) is 4.41. The number of rotatable bonds is 1. The van der Waals surface area contributed by atoms with Crippen LogP contribution < -0.4 is 0 Å². The van der Waals surface area contributed by atoms with E-state index in [-0.39, 0.29) is 21.1 Å². The normalized spacial score (nSPS) is 8.92. The molecule has 0 aliphatic heterocycles. The summed E-state index contributed by atoms with van der Waals surface area (Å²) in [5, 5.41) is 3.87. The van der Waals surface area contributed by atoms with E-state index in [0.29, 0.717) is 11.3 Å². The molecule has 0 aromatic carbocycles. The van der Waals surface area contributed by atoms with Crippen molar-refractivity contribution in [2.45, 2.75) is 6.92 Å². The maximum Gasteiger partial charge on any atom is 2.00 e. The molecule has 4 nitrogen and oxygen atoms in total. The van der Waals surface area contributed by atoms with Crippen molar-refractivity contribution in [1.29, 1.82) is 0 Å². The van der Waals surface area contributed by atoms with Crippen molar-refractivity contribution in [3.63, 3.8) is 0 Å². The van der Waals surface area contributed by atoms with Gasteiger partial charge in [-0.3, -0.25) is 9.89 Å². The summed E-state index contributed by atoms with van der Waals surface area (Å²) in [6.07, 6.45) is 2.83. The van der Waals surface area contributed by atoms with Gasteiger partial charge in [-0.25, -0.2) is 0 Å². The maximum atomic E-state index is 10.9. The van der Waals surface area contributed by atoms with Crippen LogP contribution in [0.5, 0.6) is 0 Å². The molecule has 5 heteroatoms. The molecule has 0 N–H and O–H groups in total. The van der Waals surface area contributed by atoms with E-state index < -0.39 is 5.97 Å². The van der Waals surface area contributed by atoms with Gasteiger partial charge in [0.05, 0.1) is 7.11 Å². The second-order valence-electron chi connectivity index (χ2n) is 2.20. The van der Waals surface area contributed by atoms with Crippen LogP contribution in [0.15, 0.2) is 0 Å². The van der Waals surface area contributed by atoms with Crippen molar-refractivity contribution in [3.05, 3.63) is 17.5 Å². The van der Waals surface area contributed by atoms with Crippen molar-refractivity contribution < 1.29 is 30.6 Å². The summed E-state index contributed by atoms with van der Waals surface area (Å²) in [4.78, 5) is 10.9. The second-order valence-corrected chi connectivity index (χ2v) is 2.20. The molecule has 0 fully saturated rings. The number of hydrogen-bond donors (Lipinski definition) is 0. The molecule has 64 valence electrons. The predicted molar refractivity (Wildman–Crippen MR) is 38.1 cm³/mol. The van der Waals surface area contributed by atoms with Crippen LogP contribution in [0, 0.1) is 13.1 Å². The Bertz CT molecular complexity index is 283. The van der Waals surface area contributed by atoms with Crippen LogP contribution in [0.1, 0.15) is 16.1 Å². The first-order valence-electron chi connectivity index (χ1n) is 3.16. The summed E-state index contributed by atoms with van der Waals surface area (Å²) in [6.45, 7) is 1.76. The Morgan fingerprint density at radius 3 is 2.58 bits per heavy atom. The standard InChI is InChI=1S/C7H9N2O2.W/c1-5-4-9(2)8-6(5)7(10)11-3;/h1-3H3;/q-1;+2. The molecule has 0 saturated heterocycles. The van der Waals surface area contributed by atoms with Gasteiger partial charge in [0.1, 0.15) is 0 Å².